The maximum Gasteiger partial charge on any atom is 0.323 e. The maximum absolute atomic E-state index is 11.2. The van der Waals surface area contributed by atoms with E-state index in [0.29, 0.717) is 6.54 Å². The molecule has 0 aromatic heterocycles. The van der Waals surface area contributed by atoms with Gasteiger partial charge in [0.05, 0.1) is 0 Å². The molecule has 0 bridgehead atoms. The molecule has 1 fully saturated rings. The molecular weight excluding hydrogens is 226 g/mol. The summed E-state index contributed by atoms with van der Waals surface area (Å²) in [5.74, 6) is -0.0499. The van der Waals surface area contributed by atoms with Gasteiger partial charge in [0.2, 0.25) is 0 Å². The van der Waals surface area contributed by atoms with E-state index in [1.165, 1.54) is 24.0 Å². The molecule has 0 atom stereocenters. The van der Waals surface area contributed by atoms with Crippen LogP contribution >= 0.6 is 0 Å². The van der Waals surface area contributed by atoms with Gasteiger partial charge in [-0.15, -0.1) is 0 Å². The molecular formula is C15H21NO2. The summed E-state index contributed by atoms with van der Waals surface area (Å²) in [6, 6.07) is 8.53. The van der Waals surface area contributed by atoms with E-state index in [1.54, 1.807) is 13.8 Å². The van der Waals surface area contributed by atoms with E-state index in [9.17, 15) is 9.90 Å². The molecule has 1 aromatic rings. The van der Waals surface area contributed by atoms with Gasteiger partial charge in [0, 0.05) is 6.54 Å². The number of likely N-dealkylation sites (N-methyl/N-ethyl adjacent to an activating group) is 1. The first-order valence-electron chi connectivity index (χ1n) is 6.44. The molecule has 3 heteroatoms. The molecule has 18 heavy (non-hydrogen) atoms. The highest BCUT2D eigenvalue weighted by molar-refractivity contribution is 5.77. The van der Waals surface area contributed by atoms with Gasteiger partial charge >= 0.3 is 5.97 Å². The highest BCUT2D eigenvalue weighted by Crippen LogP contribution is 2.40. The van der Waals surface area contributed by atoms with Crippen LogP contribution in [0.25, 0.3) is 0 Å². The van der Waals surface area contributed by atoms with Crippen molar-refractivity contribution >= 4 is 5.97 Å². The van der Waals surface area contributed by atoms with Gasteiger partial charge in [-0.3, -0.25) is 9.69 Å². The molecule has 1 saturated carbocycles. The number of carboxylic acids is 1. The van der Waals surface area contributed by atoms with Crippen molar-refractivity contribution in [1.82, 2.24) is 4.90 Å². The molecule has 1 aliphatic rings. The van der Waals surface area contributed by atoms with Gasteiger partial charge in [-0.05, 0) is 50.8 Å². The van der Waals surface area contributed by atoms with E-state index in [4.69, 9.17) is 0 Å². The molecule has 0 radical (unpaired) electrons. The third-order valence-electron chi connectivity index (χ3n) is 3.90. The Kier molecular flexibility index (Phi) is 3.44. The molecule has 1 aromatic carbocycles. The summed E-state index contributed by atoms with van der Waals surface area (Å²) in [6.45, 7) is 4.14. The van der Waals surface area contributed by atoms with Crippen LogP contribution in [0.4, 0.5) is 0 Å². The Bertz CT molecular complexity index is 450. The van der Waals surface area contributed by atoms with Crippen molar-refractivity contribution in [2.24, 2.45) is 0 Å². The van der Waals surface area contributed by atoms with Gasteiger partial charge in [0.15, 0.2) is 0 Å². The first kappa shape index (κ1) is 13.1. The second-order valence-corrected chi connectivity index (χ2v) is 5.74. The summed E-state index contributed by atoms with van der Waals surface area (Å²) in [7, 11) is 1.86. The number of carbonyl (C=O) groups is 1. The molecule has 0 amide bonds. The fourth-order valence-electron chi connectivity index (χ4n) is 2.00. The van der Waals surface area contributed by atoms with Crippen molar-refractivity contribution in [2.75, 3.05) is 7.05 Å². The Hall–Kier alpha value is -1.35. The van der Waals surface area contributed by atoms with Gasteiger partial charge in [-0.2, -0.15) is 0 Å². The number of hydrogen-bond donors (Lipinski definition) is 1. The number of rotatable bonds is 5. The Morgan fingerprint density at radius 2 is 2.11 bits per heavy atom. The topological polar surface area (TPSA) is 40.5 Å². The van der Waals surface area contributed by atoms with E-state index in [0.717, 1.165) is 5.92 Å². The van der Waals surface area contributed by atoms with Crippen LogP contribution in [-0.2, 0) is 11.3 Å². The Morgan fingerprint density at radius 1 is 1.44 bits per heavy atom. The molecule has 0 unspecified atom stereocenters. The van der Waals surface area contributed by atoms with Crippen molar-refractivity contribution in [3.05, 3.63) is 35.4 Å². The van der Waals surface area contributed by atoms with E-state index in [2.05, 4.69) is 24.3 Å². The number of nitrogens with zero attached hydrogens (tertiary/aromatic N) is 1. The lowest BCUT2D eigenvalue weighted by Crippen LogP contribution is -2.47. The summed E-state index contributed by atoms with van der Waals surface area (Å²) in [4.78, 5) is 13.1. The van der Waals surface area contributed by atoms with Crippen LogP contribution in [0.3, 0.4) is 0 Å². The lowest BCUT2D eigenvalue weighted by atomic mass is 10.0. The van der Waals surface area contributed by atoms with Crippen molar-refractivity contribution in [3.8, 4) is 0 Å². The molecule has 2 rings (SSSR count). The zero-order valence-corrected chi connectivity index (χ0v) is 11.3. The fraction of sp³-hybridized carbons (Fsp3) is 0.533. The first-order chi connectivity index (χ1) is 8.41. The maximum atomic E-state index is 11.2. The smallest absolute Gasteiger partial charge is 0.323 e. The lowest BCUT2D eigenvalue weighted by Gasteiger charge is -2.31. The van der Waals surface area contributed by atoms with E-state index < -0.39 is 11.5 Å². The van der Waals surface area contributed by atoms with Gasteiger partial charge in [-0.1, -0.05) is 24.3 Å². The Balaban J connectivity index is 2.09. The van der Waals surface area contributed by atoms with Gasteiger partial charge < -0.3 is 5.11 Å². The zero-order valence-electron chi connectivity index (χ0n) is 11.3. The lowest BCUT2D eigenvalue weighted by molar-refractivity contribution is -0.148. The largest absolute Gasteiger partial charge is 0.480 e. The van der Waals surface area contributed by atoms with Crippen LogP contribution in [0.5, 0.6) is 0 Å². The summed E-state index contributed by atoms with van der Waals surface area (Å²) >= 11 is 0. The molecule has 98 valence electrons. The Morgan fingerprint density at radius 3 is 2.67 bits per heavy atom. The minimum Gasteiger partial charge on any atom is -0.480 e. The molecule has 0 spiro atoms. The Labute approximate surface area is 108 Å². The first-order valence-corrected chi connectivity index (χ1v) is 6.44. The van der Waals surface area contributed by atoms with Crippen LogP contribution in [0.2, 0.25) is 0 Å². The number of benzene rings is 1. The molecule has 1 N–H and O–H groups in total. The monoisotopic (exact) mass is 247 g/mol. The van der Waals surface area contributed by atoms with Gasteiger partial charge in [0.1, 0.15) is 5.54 Å². The van der Waals surface area contributed by atoms with Crippen molar-refractivity contribution in [3.63, 3.8) is 0 Å². The predicted molar refractivity (Wildman–Crippen MR) is 71.6 cm³/mol. The predicted octanol–water partition coefficient (Wildman–Crippen LogP) is 2.86. The third-order valence-corrected chi connectivity index (χ3v) is 3.90. The third kappa shape index (κ3) is 2.72. The second-order valence-electron chi connectivity index (χ2n) is 5.74. The highest BCUT2D eigenvalue weighted by Gasteiger charge is 2.32. The zero-order chi connectivity index (χ0) is 13.3. The quantitative estimate of drug-likeness (QED) is 0.869. The SMILES string of the molecule is CN(Cc1cccc(C2CC2)c1)C(C)(C)C(=O)O. The second kappa shape index (κ2) is 4.73. The highest BCUT2D eigenvalue weighted by atomic mass is 16.4. The van der Waals surface area contributed by atoms with Crippen LogP contribution in [-0.4, -0.2) is 28.6 Å². The van der Waals surface area contributed by atoms with Gasteiger partial charge in [0.25, 0.3) is 0 Å². The fourth-order valence-corrected chi connectivity index (χ4v) is 2.00. The van der Waals surface area contributed by atoms with E-state index in [-0.39, 0.29) is 0 Å². The van der Waals surface area contributed by atoms with Crippen LogP contribution in [0.1, 0.15) is 43.7 Å². The summed E-state index contributed by atoms with van der Waals surface area (Å²) in [5, 5.41) is 9.20. The summed E-state index contributed by atoms with van der Waals surface area (Å²) in [6.07, 6.45) is 2.58. The minimum absolute atomic E-state index is 0.667. The van der Waals surface area contributed by atoms with Crippen LogP contribution in [0.15, 0.2) is 24.3 Å². The average molecular weight is 247 g/mol. The molecule has 1 aliphatic carbocycles. The van der Waals surface area contributed by atoms with Gasteiger partial charge in [-0.25, -0.2) is 0 Å². The summed E-state index contributed by atoms with van der Waals surface area (Å²) < 4.78 is 0. The van der Waals surface area contributed by atoms with Crippen LogP contribution in [0, 0.1) is 0 Å². The van der Waals surface area contributed by atoms with Crippen molar-refractivity contribution in [1.29, 1.82) is 0 Å². The summed E-state index contributed by atoms with van der Waals surface area (Å²) in [5.41, 5.74) is 1.75. The van der Waals surface area contributed by atoms with E-state index >= 15 is 0 Å². The molecule has 3 nitrogen and oxygen atoms in total. The van der Waals surface area contributed by atoms with Crippen molar-refractivity contribution < 1.29 is 9.90 Å². The average Bonchev–Trinajstić information content (AvgIpc) is 3.12. The number of hydrogen-bond acceptors (Lipinski definition) is 2. The van der Waals surface area contributed by atoms with Crippen molar-refractivity contribution in [2.45, 2.75) is 44.7 Å². The minimum atomic E-state index is -0.838. The number of carboxylic acid groups (broad SMARTS) is 1. The van der Waals surface area contributed by atoms with E-state index in [1.807, 2.05) is 11.9 Å². The van der Waals surface area contributed by atoms with Crippen LogP contribution < -0.4 is 0 Å². The molecule has 0 saturated heterocycles. The molecule has 0 aliphatic heterocycles. The normalized spacial score (nSPS) is 16.0. The standard InChI is InChI=1S/C15H21NO2/c1-15(2,14(17)18)16(3)10-11-5-4-6-13(9-11)12-7-8-12/h4-6,9,12H,7-8,10H2,1-3H3,(H,17,18). The number of aliphatic carboxylic acids is 1. The molecule has 0 heterocycles.